The first-order valence-corrected chi connectivity index (χ1v) is 8.00. The fourth-order valence-electron chi connectivity index (χ4n) is 2.20. The number of nitrogens with zero attached hydrogens (tertiary/aromatic N) is 2. The summed E-state index contributed by atoms with van der Waals surface area (Å²) in [6.07, 6.45) is 2.69. The van der Waals surface area contributed by atoms with Crippen molar-refractivity contribution in [2.75, 3.05) is 6.54 Å². The van der Waals surface area contributed by atoms with Gasteiger partial charge in [0.05, 0.1) is 6.04 Å². The molecule has 2 rings (SSSR count). The second-order valence-corrected chi connectivity index (χ2v) is 7.36. The molecular weight excluding hydrogens is 272 g/mol. The summed E-state index contributed by atoms with van der Waals surface area (Å²) in [7, 11) is -3.39. The molecule has 1 saturated heterocycles. The number of hydrogen-bond acceptors (Lipinski definition) is 5. The summed E-state index contributed by atoms with van der Waals surface area (Å²) in [4.78, 5) is 13.9. The first kappa shape index (κ1) is 13.4. The van der Waals surface area contributed by atoms with Crippen LogP contribution in [0.25, 0.3) is 0 Å². The van der Waals surface area contributed by atoms with Gasteiger partial charge in [-0.15, -0.1) is 11.3 Å². The van der Waals surface area contributed by atoms with Gasteiger partial charge in [-0.1, -0.05) is 6.07 Å². The van der Waals surface area contributed by atoms with Crippen LogP contribution in [0, 0.1) is 0 Å². The quantitative estimate of drug-likeness (QED) is 0.626. The largest absolute Gasteiger partial charge is 0.252 e. The molecule has 0 spiro atoms. The van der Waals surface area contributed by atoms with E-state index in [1.54, 1.807) is 23.6 Å². The first-order valence-electron chi connectivity index (χ1n) is 5.68. The molecular formula is C11H14N2O3S2. The maximum Gasteiger partial charge on any atom is 0.252 e. The van der Waals surface area contributed by atoms with E-state index in [4.69, 9.17) is 0 Å². The van der Waals surface area contributed by atoms with E-state index >= 15 is 0 Å². The zero-order valence-corrected chi connectivity index (χ0v) is 11.6. The van der Waals surface area contributed by atoms with Crippen molar-refractivity contribution in [3.63, 3.8) is 0 Å². The van der Waals surface area contributed by atoms with Crippen molar-refractivity contribution in [1.82, 2.24) is 4.31 Å². The number of hydrogen-bond donors (Lipinski definition) is 0. The highest BCUT2D eigenvalue weighted by Gasteiger charge is 2.34. The van der Waals surface area contributed by atoms with Crippen molar-refractivity contribution in [3.8, 4) is 0 Å². The molecule has 0 aromatic carbocycles. The molecule has 1 fully saturated rings. The van der Waals surface area contributed by atoms with Crippen LogP contribution in [0.3, 0.4) is 0 Å². The summed E-state index contributed by atoms with van der Waals surface area (Å²) in [5, 5.41) is 1.75. The summed E-state index contributed by atoms with van der Waals surface area (Å²) in [6, 6.07) is 3.09. The predicted molar refractivity (Wildman–Crippen MR) is 68.8 cm³/mol. The van der Waals surface area contributed by atoms with Crippen LogP contribution >= 0.6 is 11.3 Å². The second kappa shape index (κ2) is 5.32. The van der Waals surface area contributed by atoms with E-state index < -0.39 is 10.0 Å². The molecule has 2 atom stereocenters. The molecule has 0 saturated carbocycles. The van der Waals surface area contributed by atoms with Gasteiger partial charge in [0.15, 0.2) is 0 Å². The molecule has 7 heteroatoms. The third-order valence-corrected chi connectivity index (χ3v) is 6.47. The van der Waals surface area contributed by atoms with Gasteiger partial charge >= 0.3 is 0 Å². The third kappa shape index (κ3) is 2.54. The van der Waals surface area contributed by atoms with E-state index in [2.05, 4.69) is 4.99 Å². The second-order valence-electron chi connectivity index (χ2n) is 4.30. The summed E-state index contributed by atoms with van der Waals surface area (Å²) < 4.78 is 26.6. The number of piperidine rings is 1. The molecule has 1 aromatic heterocycles. The Morgan fingerprint density at radius 1 is 1.56 bits per heavy atom. The lowest BCUT2D eigenvalue weighted by molar-refractivity contribution is 0.248. The fourth-order valence-corrected chi connectivity index (χ4v) is 4.98. The van der Waals surface area contributed by atoms with Gasteiger partial charge in [-0.2, -0.15) is 4.31 Å². The Bertz CT molecular complexity index is 547. The zero-order chi connectivity index (χ0) is 13.2. The van der Waals surface area contributed by atoms with Crippen LogP contribution in [0.15, 0.2) is 26.7 Å². The Labute approximate surface area is 110 Å². The van der Waals surface area contributed by atoms with E-state index in [-0.39, 0.29) is 12.1 Å². The predicted octanol–water partition coefficient (Wildman–Crippen LogP) is 1.63. The van der Waals surface area contributed by atoms with Gasteiger partial charge in [0.1, 0.15) is 4.21 Å². The van der Waals surface area contributed by atoms with Crippen LogP contribution in [0.5, 0.6) is 0 Å². The molecule has 5 nitrogen and oxygen atoms in total. The number of thiophene rings is 1. The summed E-state index contributed by atoms with van der Waals surface area (Å²) in [5.74, 6) is 0. The molecule has 1 aliphatic heterocycles. The molecule has 0 aliphatic carbocycles. The van der Waals surface area contributed by atoms with Crippen LogP contribution in [-0.2, 0) is 14.8 Å². The summed E-state index contributed by atoms with van der Waals surface area (Å²) in [6.45, 7) is 2.24. The molecule has 0 radical (unpaired) electrons. The highest BCUT2D eigenvalue weighted by atomic mass is 32.2. The highest BCUT2D eigenvalue weighted by Crippen LogP contribution is 2.28. The molecule has 0 amide bonds. The summed E-state index contributed by atoms with van der Waals surface area (Å²) in [5.41, 5.74) is 0. The SMILES string of the molecule is CC1CC(N=C=O)CCN1S(=O)(=O)c1cccs1. The van der Waals surface area contributed by atoms with E-state index in [0.717, 1.165) is 0 Å². The lowest BCUT2D eigenvalue weighted by Crippen LogP contribution is -2.45. The van der Waals surface area contributed by atoms with Gasteiger partial charge in [0.25, 0.3) is 10.0 Å². The van der Waals surface area contributed by atoms with Gasteiger partial charge in [0, 0.05) is 12.6 Å². The summed E-state index contributed by atoms with van der Waals surface area (Å²) >= 11 is 1.22. The molecule has 98 valence electrons. The van der Waals surface area contributed by atoms with Gasteiger partial charge < -0.3 is 0 Å². The zero-order valence-electron chi connectivity index (χ0n) is 9.94. The Hall–Kier alpha value is -1.01. The van der Waals surface area contributed by atoms with Crippen LogP contribution in [0.1, 0.15) is 19.8 Å². The van der Waals surface area contributed by atoms with E-state index in [1.807, 2.05) is 6.92 Å². The smallest absolute Gasteiger partial charge is 0.211 e. The minimum Gasteiger partial charge on any atom is -0.211 e. The molecule has 0 bridgehead atoms. The van der Waals surface area contributed by atoms with Crippen molar-refractivity contribution in [1.29, 1.82) is 0 Å². The van der Waals surface area contributed by atoms with Gasteiger partial charge in [0.2, 0.25) is 6.08 Å². The Morgan fingerprint density at radius 3 is 2.89 bits per heavy atom. The van der Waals surface area contributed by atoms with Crippen molar-refractivity contribution in [2.24, 2.45) is 4.99 Å². The molecule has 1 aliphatic rings. The van der Waals surface area contributed by atoms with Gasteiger partial charge in [-0.3, -0.25) is 0 Å². The monoisotopic (exact) mass is 286 g/mol. The van der Waals surface area contributed by atoms with Gasteiger partial charge in [-0.05, 0) is 31.2 Å². The Morgan fingerprint density at radius 2 is 2.33 bits per heavy atom. The molecule has 18 heavy (non-hydrogen) atoms. The molecule has 1 aromatic rings. The normalized spacial score (nSPS) is 25.6. The number of carbonyl (C=O) groups excluding carboxylic acids is 1. The van der Waals surface area contributed by atoms with Crippen LogP contribution in [0.2, 0.25) is 0 Å². The average molecular weight is 286 g/mol. The lowest BCUT2D eigenvalue weighted by atomic mass is 10.0. The van der Waals surface area contributed by atoms with E-state index in [0.29, 0.717) is 23.6 Å². The molecule has 0 N–H and O–H groups in total. The Kier molecular flexibility index (Phi) is 3.97. The van der Waals surface area contributed by atoms with Crippen molar-refractivity contribution in [2.45, 2.75) is 36.1 Å². The third-order valence-electron chi connectivity index (χ3n) is 3.08. The van der Waals surface area contributed by atoms with Crippen LogP contribution < -0.4 is 0 Å². The van der Waals surface area contributed by atoms with Crippen LogP contribution in [-0.4, -0.2) is 37.4 Å². The average Bonchev–Trinajstić information content (AvgIpc) is 2.83. The van der Waals surface area contributed by atoms with E-state index in [1.165, 1.54) is 15.6 Å². The number of isocyanates is 1. The maximum absolute atomic E-state index is 12.4. The molecule has 2 unspecified atom stereocenters. The van der Waals surface area contributed by atoms with Crippen LogP contribution in [0.4, 0.5) is 0 Å². The van der Waals surface area contributed by atoms with Gasteiger partial charge in [-0.25, -0.2) is 18.2 Å². The standard InChI is InChI=1S/C11H14N2O3S2/c1-9-7-10(12-8-14)4-5-13(9)18(15,16)11-3-2-6-17-11/h2-3,6,9-10H,4-5,7H2,1H3. The topological polar surface area (TPSA) is 66.8 Å². The number of rotatable bonds is 3. The molecule has 2 heterocycles. The highest BCUT2D eigenvalue weighted by molar-refractivity contribution is 7.91. The lowest BCUT2D eigenvalue weighted by Gasteiger charge is -2.34. The van der Waals surface area contributed by atoms with Crippen molar-refractivity contribution in [3.05, 3.63) is 17.5 Å². The minimum atomic E-state index is -3.39. The van der Waals surface area contributed by atoms with Crippen molar-refractivity contribution < 1.29 is 13.2 Å². The minimum absolute atomic E-state index is 0.104. The number of sulfonamides is 1. The first-order chi connectivity index (χ1) is 8.55. The van der Waals surface area contributed by atoms with Crippen molar-refractivity contribution >= 4 is 27.4 Å². The fraction of sp³-hybridized carbons (Fsp3) is 0.545. The Balaban J connectivity index is 2.19. The number of aliphatic imine (C=N–C) groups is 1. The maximum atomic E-state index is 12.4. The van der Waals surface area contributed by atoms with E-state index in [9.17, 15) is 13.2 Å².